The summed E-state index contributed by atoms with van der Waals surface area (Å²) in [7, 11) is 0. The molecule has 0 rings (SSSR count). The summed E-state index contributed by atoms with van der Waals surface area (Å²) in [6.45, 7) is 2.28. The van der Waals surface area contributed by atoms with Crippen LogP contribution in [0.5, 0.6) is 0 Å². The Kier molecular flexibility index (Phi) is 7.07. The molecule has 0 aromatic rings. The summed E-state index contributed by atoms with van der Waals surface area (Å²) < 4.78 is 44.7. The predicted molar refractivity (Wildman–Crippen MR) is 51.0 cm³/mol. The average molecular weight is 243 g/mol. The highest BCUT2D eigenvalue weighted by Gasteiger charge is 2.26. The molecule has 0 aromatic heterocycles. The van der Waals surface area contributed by atoms with Gasteiger partial charge in [-0.15, -0.1) is 0 Å². The Morgan fingerprint density at radius 2 is 1.94 bits per heavy atom. The van der Waals surface area contributed by atoms with Crippen molar-refractivity contribution in [1.82, 2.24) is 5.32 Å². The smallest absolute Gasteiger partial charge is 0.401 e. The third kappa shape index (κ3) is 11.3. The van der Waals surface area contributed by atoms with E-state index >= 15 is 0 Å². The number of carbonyl (C=O) groups excluding carboxylic acids is 1. The molecule has 0 unspecified atom stereocenters. The first-order chi connectivity index (χ1) is 7.31. The van der Waals surface area contributed by atoms with Gasteiger partial charge in [0.2, 0.25) is 0 Å². The Bertz CT molecular complexity index is 207. The lowest BCUT2D eigenvalue weighted by molar-refractivity contribution is -0.146. The van der Waals surface area contributed by atoms with Gasteiger partial charge in [-0.3, -0.25) is 10.1 Å². The summed E-state index contributed by atoms with van der Waals surface area (Å²) in [5, 5.41) is 1.93. The van der Waals surface area contributed by atoms with Gasteiger partial charge in [-0.05, 0) is 13.8 Å². The van der Waals surface area contributed by atoms with Crippen molar-refractivity contribution in [3.8, 4) is 0 Å². The van der Waals surface area contributed by atoms with Gasteiger partial charge in [-0.2, -0.15) is 13.2 Å². The molecular weight excluding hydrogens is 227 g/mol. The summed E-state index contributed by atoms with van der Waals surface area (Å²) in [4.78, 5) is 10.9. The van der Waals surface area contributed by atoms with E-state index in [1.54, 1.807) is 0 Å². The monoisotopic (exact) mass is 243 g/mol. The zero-order valence-corrected chi connectivity index (χ0v) is 9.26. The van der Waals surface area contributed by atoms with Crippen LogP contribution < -0.4 is 5.32 Å². The molecule has 0 atom stereocenters. The van der Waals surface area contributed by atoms with Gasteiger partial charge in [0.1, 0.15) is 6.61 Å². The number of esters is 1. The number of halogens is 3. The standard InChI is InChI=1S/C9H16F3NO3/c1-7(2)15-3-4-16-8(14)5-13-6-9(10,11)12/h7,13H,3-6H2,1-2H3. The Hall–Kier alpha value is -0.820. The Morgan fingerprint density at radius 3 is 2.44 bits per heavy atom. The summed E-state index contributed by atoms with van der Waals surface area (Å²) in [6, 6.07) is 0. The molecule has 0 aliphatic carbocycles. The predicted octanol–water partition coefficient (Wildman–Crippen LogP) is 1.11. The maximum absolute atomic E-state index is 11.7. The van der Waals surface area contributed by atoms with Gasteiger partial charge in [0.05, 0.1) is 25.8 Å². The molecule has 0 heterocycles. The molecule has 0 aliphatic heterocycles. The van der Waals surface area contributed by atoms with Crippen LogP contribution in [-0.4, -0.2) is 44.6 Å². The Labute approximate surface area is 92.1 Å². The quantitative estimate of drug-likeness (QED) is 0.537. The molecule has 0 saturated carbocycles. The van der Waals surface area contributed by atoms with E-state index in [1.165, 1.54) is 0 Å². The fourth-order valence-electron chi connectivity index (χ4n) is 0.797. The van der Waals surface area contributed by atoms with Crippen LogP contribution >= 0.6 is 0 Å². The van der Waals surface area contributed by atoms with Crippen LogP contribution in [0.25, 0.3) is 0 Å². The highest BCUT2D eigenvalue weighted by Crippen LogP contribution is 2.11. The van der Waals surface area contributed by atoms with Crippen LogP contribution in [0.4, 0.5) is 13.2 Å². The second-order valence-corrected chi connectivity index (χ2v) is 3.36. The van der Waals surface area contributed by atoms with Gasteiger partial charge in [0.25, 0.3) is 0 Å². The van der Waals surface area contributed by atoms with Gasteiger partial charge in [-0.25, -0.2) is 0 Å². The lowest BCUT2D eigenvalue weighted by Gasteiger charge is -2.09. The topological polar surface area (TPSA) is 47.6 Å². The first kappa shape index (κ1) is 15.2. The molecule has 0 bridgehead atoms. The largest absolute Gasteiger partial charge is 0.462 e. The lowest BCUT2D eigenvalue weighted by Crippen LogP contribution is -2.33. The second kappa shape index (κ2) is 7.45. The maximum Gasteiger partial charge on any atom is 0.401 e. The molecule has 0 spiro atoms. The van der Waals surface area contributed by atoms with Gasteiger partial charge in [0, 0.05) is 0 Å². The normalized spacial score (nSPS) is 11.9. The van der Waals surface area contributed by atoms with Crippen molar-refractivity contribution in [2.24, 2.45) is 0 Å². The summed E-state index contributed by atoms with van der Waals surface area (Å²) in [5.41, 5.74) is 0. The highest BCUT2D eigenvalue weighted by atomic mass is 19.4. The maximum atomic E-state index is 11.7. The molecule has 96 valence electrons. The van der Waals surface area contributed by atoms with Gasteiger partial charge in [-0.1, -0.05) is 0 Å². The molecule has 0 saturated heterocycles. The van der Waals surface area contributed by atoms with Crippen molar-refractivity contribution < 1.29 is 27.4 Å². The van der Waals surface area contributed by atoms with Crippen molar-refractivity contribution in [1.29, 1.82) is 0 Å². The zero-order valence-electron chi connectivity index (χ0n) is 9.26. The molecule has 1 N–H and O–H groups in total. The highest BCUT2D eigenvalue weighted by molar-refractivity contribution is 5.71. The van der Waals surface area contributed by atoms with Crippen molar-refractivity contribution >= 4 is 5.97 Å². The number of ether oxygens (including phenoxy) is 2. The lowest BCUT2D eigenvalue weighted by atomic mass is 10.5. The second-order valence-electron chi connectivity index (χ2n) is 3.36. The van der Waals surface area contributed by atoms with E-state index in [9.17, 15) is 18.0 Å². The summed E-state index contributed by atoms with van der Waals surface area (Å²) in [5.74, 6) is -0.725. The van der Waals surface area contributed by atoms with E-state index in [-0.39, 0.29) is 19.3 Å². The number of hydrogen-bond acceptors (Lipinski definition) is 4. The molecule has 7 heteroatoms. The SMILES string of the molecule is CC(C)OCCOC(=O)CNCC(F)(F)F. The van der Waals surface area contributed by atoms with Gasteiger partial charge >= 0.3 is 12.1 Å². The van der Waals surface area contributed by atoms with Crippen LogP contribution in [0.3, 0.4) is 0 Å². The van der Waals surface area contributed by atoms with Crippen LogP contribution in [0.1, 0.15) is 13.8 Å². The fourth-order valence-corrected chi connectivity index (χ4v) is 0.797. The van der Waals surface area contributed by atoms with Crippen LogP contribution in [-0.2, 0) is 14.3 Å². The Balaban J connectivity index is 3.39. The summed E-state index contributed by atoms with van der Waals surface area (Å²) in [6.07, 6.45) is -4.29. The van der Waals surface area contributed by atoms with E-state index in [0.29, 0.717) is 0 Å². The number of carbonyl (C=O) groups is 1. The van der Waals surface area contributed by atoms with E-state index in [0.717, 1.165) is 0 Å². The molecular formula is C9H16F3NO3. The minimum absolute atomic E-state index is 0.0297. The van der Waals surface area contributed by atoms with Gasteiger partial charge in [0.15, 0.2) is 0 Å². The third-order valence-corrected chi connectivity index (χ3v) is 1.39. The Morgan fingerprint density at radius 1 is 1.31 bits per heavy atom. The van der Waals surface area contributed by atoms with Crippen LogP contribution in [0.2, 0.25) is 0 Å². The van der Waals surface area contributed by atoms with Crippen LogP contribution in [0.15, 0.2) is 0 Å². The molecule has 0 aliphatic rings. The third-order valence-electron chi connectivity index (χ3n) is 1.39. The van der Waals surface area contributed by atoms with E-state index in [2.05, 4.69) is 4.74 Å². The minimum atomic E-state index is -4.32. The first-order valence-electron chi connectivity index (χ1n) is 4.86. The van der Waals surface area contributed by atoms with Crippen molar-refractivity contribution in [2.45, 2.75) is 26.1 Å². The molecule has 0 radical (unpaired) electrons. The van der Waals surface area contributed by atoms with E-state index in [1.807, 2.05) is 19.2 Å². The minimum Gasteiger partial charge on any atom is -0.462 e. The van der Waals surface area contributed by atoms with Crippen LogP contribution in [0, 0.1) is 0 Å². The van der Waals surface area contributed by atoms with Crippen molar-refractivity contribution in [2.75, 3.05) is 26.3 Å². The zero-order chi connectivity index (χ0) is 12.6. The fraction of sp³-hybridized carbons (Fsp3) is 0.889. The molecule has 16 heavy (non-hydrogen) atoms. The molecule has 0 fully saturated rings. The number of nitrogens with one attached hydrogen (secondary N) is 1. The van der Waals surface area contributed by atoms with E-state index < -0.39 is 25.2 Å². The first-order valence-corrected chi connectivity index (χ1v) is 4.86. The number of alkyl halides is 3. The van der Waals surface area contributed by atoms with Crippen molar-refractivity contribution in [3.05, 3.63) is 0 Å². The number of hydrogen-bond donors (Lipinski definition) is 1. The van der Waals surface area contributed by atoms with E-state index in [4.69, 9.17) is 4.74 Å². The van der Waals surface area contributed by atoms with Gasteiger partial charge < -0.3 is 9.47 Å². The summed E-state index contributed by atoms with van der Waals surface area (Å²) >= 11 is 0. The molecule has 0 amide bonds. The molecule has 0 aromatic carbocycles. The molecule has 4 nitrogen and oxygen atoms in total. The average Bonchev–Trinajstić information content (AvgIpc) is 2.10. The van der Waals surface area contributed by atoms with Crippen molar-refractivity contribution in [3.63, 3.8) is 0 Å². The number of rotatable bonds is 7.